The van der Waals surface area contributed by atoms with E-state index >= 15 is 0 Å². The lowest BCUT2D eigenvalue weighted by atomic mass is 9.86. The van der Waals surface area contributed by atoms with Crippen LogP contribution in [0.25, 0.3) is 21.9 Å². The van der Waals surface area contributed by atoms with Crippen molar-refractivity contribution in [2.45, 2.75) is 149 Å². The maximum Gasteiger partial charge on any atom is 0.0579 e. The van der Waals surface area contributed by atoms with Crippen LogP contribution in [0.2, 0.25) is 39.3 Å². The first-order chi connectivity index (χ1) is 31.0. The van der Waals surface area contributed by atoms with Crippen molar-refractivity contribution in [2.24, 2.45) is 0 Å². The summed E-state index contributed by atoms with van der Waals surface area (Å²) in [5.41, 5.74) is 18.7. The first kappa shape index (κ1) is 48.3. The molecule has 0 N–H and O–H groups in total. The van der Waals surface area contributed by atoms with E-state index in [1.165, 1.54) is 83.8 Å². The summed E-state index contributed by atoms with van der Waals surface area (Å²) < 4.78 is -0.0647. The first-order valence-corrected chi connectivity index (χ1v) is 31.8. The van der Waals surface area contributed by atoms with Gasteiger partial charge in [0.25, 0.3) is 0 Å². The highest BCUT2D eigenvalue weighted by atomic mass is 28.4. The van der Waals surface area contributed by atoms with Gasteiger partial charge in [0, 0.05) is 38.8 Å². The molecule has 2 nitrogen and oxygen atoms in total. The van der Waals surface area contributed by atoms with Crippen LogP contribution in [0.4, 0.5) is 34.1 Å². The average Bonchev–Trinajstić information content (AvgIpc) is 3.55. The lowest BCUT2D eigenvalue weighted by Gasteiger charge is -2.51. The minimum Gasteiger partial charge on any atom is -0.310 e. The van der Waals surface area contributed by atoms with Gasteiger partial charge in [0.1, 0.15) is 0 Å². The standard InChI is InChI=1S/C63H78N2Si2/c1-59(2,3)44-20-28-48(29-21-44)64(49-30-22-45(23-31-49)60(4,5)6)52-36-39-54-43(41-52)19-38-56-55-40-37-53(42-57(55)63(58(54)56,66(13,14)15)67(16,17)18)65(50-32-24-46(25-33-50)61(7,8)9)51-34-26-47(27-35-51)62(10,11)12/h19-42H,1-18H3. The number of hydrogen-bond acceptors (Lipinski definition) is 2. The Bertz CT molecular complexity index is 2790. The Kier molecular flexibility index (Phi) is 11.9. The summed E-state index contributed by atoms with van der Waals surface area (Å²) in [6.07, 6.45) is 0. The van der Waals surface area contributed by atoms with Gasteiger partial charge < -0.3 is 9.80 Å². The number of fused-ring (bicyclic) bond motifs is 5. The third kappa shape index (κ3) is 8.67. The lowest BCUT2D eigenvalue weighted by molar-refractivity contribution is 0.590. The van der Waals surface area contributed by atoms with Crippen LogP contribution in [-0.2, 0) is 26.3 Å². The van der Waals surface area contributed by atoms with Gasteiger partial charge in [-0.3, -0.25) is 0 Å². The molecule has 4 heteroatoms. The summed E-state index contributed by atoms with van der Waals surface area (Å²) in [5.74, 6) is 0. The van der Waals surface area contributed by atoms with Gasteiger partial charge in [0.15, 0.2) is 0 Å². The van der Waals surface area contributed by atoms with Gasteiger partial charge in [-0.2, -0.15) is 0 Å². The molecule has 0 unspecified atom stereocenters. The maximum absolute atomic E-state index is 2.64. The second-order valence-corrected chi connectivity index (χ2v) is 36.7. The summed E-state index contributed by atoms with van der Waals surface area (Å²) in [4.78, 5) is 4.95. The fourth-order valence-corrected chi connectivity index (χ4v) is 24.5. The Morgan fingerprint density at radius 3 is 0.955 bits per heavy atom. The molecule has 0 heterocycles. The number of nitrogens with zero attached hydrogens (tertiary/aromatic N) is 2. The largest absolute Gasteiger partial charge is 0.310 e. The van der Waals surface area contributed by atoms with Gasteiger partial charge in [-0.05, 0) is 150 Å². The van der Waals surface area contributed by atoms with Crippen molar-refractivity contribution in [2.75, 3.05) is 9.80 Å². The molecule has 7 aromatic rings. The molecule has 0 amide bonds. The molecule has 0 aliphatic heterocycles. The topological polar surface area (TPSA) is 6.48 Å². The van der Waals surface area contributed by atoms with E-state index in [-0.39, 0.29) is 26.3 Å². The molecule has 0 aromatic heterocycles. The first-order valence-electron chi connectivity index (χ1n) is 24.8. The second-order valence-electron chi connectivity index (χ2n) is 25.7. The van der Waals surface area contributed by atoms with Gasteiger partial charge >= 0.3 is 0 Å². The zero-order valence-electron chi connectivity index (χ0n) is 44.3. The molecule has 0 radical (unpaired) electrons. The van der Waals surface area contributed by atoms with E-state index in [1.54, 1.807) is 5.56 Å². The molecule has 348 valence electrons. The normalized spacial score (nSPS) is 14.2. The van der Waals surface area contributed by atoms with Crippen LogP contribution >= 0.6 is 0 Å². The van der Waals surface area contributed by atoms with Crippen LogP contribution in [0, 0.1) is 0 Å². The van der Waals surface area contributed by atoms with Crippen molar-refractivity contribution < 1.29 is 0 Å². The molecule has 67 heavy (non-hydrogen) atoms. The van der Waals surface area contributed by atoms with Crippen molar-refractivity contribution in [3.8, 4) is 11.1 Å². The van der Waals surface area contributed by atoms with Crippen LogP contribution in [0.1, 0.15) is 116 Å². The summed E-state index contributed by atoms with van der Waals surface area (Å²) in [6.45, 7) is 43.4. The van der Waals surface area contributed by atoms with Crippen molar-refractivity contribution in [1.82, 2.24) is 0 Å². The highest BCUT2D eigenvalue weighted by Crippen LogP contribution is 2.61. The Morgan fingerprint density at radius 2 is 0.627 bits per heavy atom. The zero-order chi connectivity index (χ0) is 48.9. The molecule has 1 aliphatic carbocycles. The molecule has 7 aromatic carbocycles. The number of anilines is 6. The average molecular weight is 920 g/mol. The Labute approximate surface area is 407 Å². The Balaban J connectivity index is 1.33. The minimum absolute atomic E-state index is 0.0647. The summed E-state index contributed by atoms with van der Waals surface area (Å²) in [7, 11) is -4.11. The Hall–Kier alpha value is -5.17. The molecular weight excluding hydrogens is 841 g/mol. The van der Waals surface area contributed by atoms with Crippen LogP contribution < -0.4 is 9.80 Å². The highest BCUT2D eigenvalue weighted by molar-refractivity contribution is 7.00. The summed E-state index contributed by atoms with van der Waals surface area (Å²) in [6, 6.07) is 56.8. The van der Waals surface area contributed by atoms with E-state index in [1.807, 2.05) is 0 Å². The third-order valence-corrected chi connectivity index (χ3v) is 24.8. The maximum atomic E-state index is 2.64. The van der Waals surface area contributed by atoms with E-state index in [0.29, 0.717) is 0 Å². The molecule has 0 saturated carbocycles. The fraction of sp³-hybridized carbons (Fsp3) is 0.365. The highest BCUT2D eigenvalue weighted by Gasteiger charge is 2.60. The predicted molar refractivity (Wildman–Crippen MR) is 301 cm³/mol. The van der Waals surface area contributed by atoms with Gasteiger partial charge in [0.2, 0.25) is 0 Å². The Morgan fingerprint density at radius 1 is 0.328 bits per heavy atom. The molecule has 8 rings (SSSR count). The molecule has 1 aliphatic rings. The second kappa shape index (κ2) is 16.5. The quantitative estimate of drug-likeness (QED) is 0.140. The van der Waals surface area contributed by atoms with Crippen LogP contribution in [-0.4, -0.2) is 16.1 Å². The molecule has 0 spiro atoms. The van der Waals surface area contributed by atoms with E-state index in [0.717, 1.165) is 0 Å². The van der Waals surface area contributed by atoms with Crippen LogP contribution in [0.15, 0.2) is 146 Å². The lowest BCUT2D eigenvalue weighted by Crippen LogP contribution is -2.63. The van der Waals surface area contributed by atoms with Crippen LogP contribution in [0.5, 0.6) is 0 Å². The minimum atomic E-state index is -2.05. The van der Waals surface area contributed by atoms with Crippen LogP contribution in [0.3, 0.4) is 0 Å². The number of benzene rings is 7. The van der Waals surface area contributed by atoms with Gasteiger partial charge in [0.05, 0.1) is 16.1 Å². The van der Waals surface area contributed by atoms with Crippen molar-refractivity contribution in [3.63, 3.8) is 0 Å². The summed E-state index contributed by atoms with van der Waals surface area (Å²) >= 11 is 0. The fourth-order valence-electron chi connectivity index (χ4n) is 11.5. The van der Waals surface area contributed by atoms with Crippen molar-refractivity contribution >= 4 is 61.0 Å². The number of hydrogen-bond donors (Lipinski definition) is 0. The predicted octanol–water partition coefficient (Wildman–Crippen LogP) is 19.0. The smallest absolute Gasteiger partial charge is 0.0579 e. The van der Waals surface area contributed by atoms with E-state index in [4.69, 9.17) is 0 Å². The monoisotopic (exact) mass is 919 g/mol. The molecule has 0 saturated heterocycles. The molecular formula is C63H78N2Si2. The van der Waals surface area contributed by atoms with E-state index < -0.39 is 16.1 Å². The number of rotatable bonds is 8. The van der Waals surface area contributed by atoms with Gasteiger partial charge in [-0.15, -0.1) is 0 Å². The van der Waals surface area contributed by atoms with Gasteiger partial charge in [-0.1, -0.05) is 195 Å². The SMILES string of the molecule is CC(C)(C)c1ccc(N(c2ccc(C(C)(C)C)cc2)c2ccc3c(c2)C([Si](C)(C)C)([Si](C)(C)C)c2c-3ccc3cc(N(c4ccc(C(C)(C)C)cc4)c4ccc(C(C)(C)C)cc4)ccc23)cc1. The van der Waals surface area contributed by atoms with Gasteiger partial charge in [-0.25, -0.2) is 0 Å². The summed E-state index contributed by atoms with van der Waals surface area (Å²) in [5, 5.41) is 2.69. The van der Waals surface area contributed by atoms with E-state index in [2.05, 4.69) is 278 Å². The molecule has 0 atom stereocenters. The zero-order valence-corrected chi connectivity index (χ0v) is 46.3. The molecule has 0 bridgehead atoms. The van der Waals surface area contributed by atoms with Crippen molar-refractivity contribution in [3.05, 3.63) is 179 Å². The molecule has 0 fully saturated rings. The third-order valence-electron chi connectivity index (χ3n) is 14.8. The van der Waals surface area contributed by atoms with E-state index in [9.17, 15) is 0 Å². The van der Waals surface area contributed by atoms with Crippen molar-refractivity contribution in [1.29, 1.82) is 0 Å².